The second-order valence-electron chi connectivity index (χ2n) is 6.05. The lowest BCUT2D eigenvalue weighted by Gasteiger charge is -2.35. The van der Waals surface area contributed by atoms with E-state index in [0.717, 1.165) is 15.6 Å². The highest BCUT2D eigenvalue weighted by Crippen LogP contribution is 2.30. The van der Waals surface area contributed by atoms with Crippen LogP contribution in [0.25, 0.3) is 0 Å². The molecule has 1 atom stereocenters. The Morgan fingerprint density at radius 1 is 1.13 bits per heavy atom. The van der Waals surface area contributed by atoms with Gasteiger partial charge in [0, 0.05) is 4.47 Å². The smallest absolute Gasteiger partial charge is 0.408 e. The predicted molar refractivity (Wildman–Crippen MR) is 96.1 cm³/mol. The molecule has 0 heterocycles. The van der Waals surface area contributed by atoms with Crippen LogP contribution in [0.2, 0.25) is 0 Å². The van der Waals surface area contributed by atoms with Crippen LogP contribution in [0.5, 0.6) is 0 Å². The highest BCUT2D eigenvalue weighted by Gasteiger charge is 2.32. The van der Waals surface area contributed by atoms with Crippen LogP contribution in [0.4, 0.5) is 4.79 Å². The van der Waals surface area contributed by atoms with Crippen molar-refractivity contribution in [2.24, 2.45) is 5.92 Å². The number of carbonyl (C=O) groups is 1. The van der Waals surface area contributed by atoms with Crippen LogP contribution in [0.15, 0.2) is 59.1 Å². The average molecular weight is 376 g/mol. The van der Waals surface area contributed by atoms with Crippen molar-refractivity contribution in [3.63, 3.8) is 0 Å². The van der Waals surface area contributed by atoms with E-state index < -0.39 is 11.6 Å². The lowest BCUT2D eigenvalue weighted by atomic mass is 9.82. The van der Waals surface area contributed by atoms with Crippen LogP contribution >= 0.6 is 15.9 Å². The Morgan fingerprint density at radius 3 is 2.30 bits per heavy atom. The quantitative estimate of drug-likeness (QED) is 0.774. The lowest BCUT2D eigenvalue weighted by molar-refractivity contribution is 0.120. The van der Waals surface area contributed by atoms with Crippen molar-refractivity contribution in [3.05, 3.63) is 70.2 Å². The van der Waals surface area contributed by atoms with Crippen LogP contribution in [0, 0.1) is 5.92 Å². The topological polar surface area (TPSA) is 38.3 Å². The lowest BCUT2D eigenvalue weighted by Crippen LogP contribution is -2.47. The molecule has 1 N–H and O–H groups in total. The van der Waals surface area contributed by atoms with E-state index in [1.165, 1.54) is 0 Å². The van der Waals surface area contributed by atoms with E-state index in [4.69, 9.17) is 4.74 Å². The molecule has 0 saturated carbocycles. The minimum absolute atomic E-state index is 0.216. The summed E-state index contributed by atoms with van der Waals surface area (Å²) in [5.74, 6) is 0.216. The number of benzene rings is 2. The van der Waals surface area contributed by atoms with E-state index in [1.807, 2.05) is 61.5 Å². The van der Waals surface area contributed by atoms with E-state index in [1.54, 1.807) is 0 Å². The third-order valence-electron chi connectivity index (χ3n) is 4.17. The van der Waals surface area contributed by atoms with Gasteiger partial charge in [0.05, 0.1) is 5.54 Å². The van der Waals surface area contributed by atoms with Crippen LogP contribution < -0.4 is 5.32 Å². The van der Waals surface area contributed by atoms with Gasteiger partial charge in [0.15, 0.2) is 0 Å². The SMILES string of the molecule is CC(C)C(C)(NC(=O)OCc1ccccc1)c1ccc(Br)cc1. The summed E-state index contributed by atoms with van der Waals surface area (Å²) in [6.45, 7) is 6.45. The number of hydrogen-bond donors (Lipinski definition) is 1. The monoisotopic (exact) mass is 375 g/mol. The largest absolute Gasteiger partial charge is 0.445 e. The standard InChI is InChI=1S/C19H22BrNO2/c1-14(2)19(3,16-9-11-17(20)12-10-16)21-18(22)23-13-15-7-5-4-6-8-15/h4-12,14H,13H2,1-3H3,(H,21,22). The molecule has 0 aromatic heterocycles. The number of ether oxygens (including phenoxy) is 1. The summed E-state index contributed by atoms with van der Waals surface area (Å²) >= 11 is 3.44. The molecular weight excluding hydrogens is 354 g/mol. The molecule has 2 aromatic carbocycles. The zero-order chi connectivity index (χ0) is 16.9. The van der Waals surface area contributed by atoms with Gasteiger partial charge >= 0.3 is 6.09 Å². The molecule has 0 aliphatic carbocycles. The highest BCUT2D eigenvalue weighted by molar-refractivity contribution is 9.10. The Hall–Kier alpha value is -1.81. The third kappa shape index (κ3) is 4.58. The zero-order valence-corrected chi connectivity index (χ0v) is 15.3. The van der Waals surface area contributed by atoms with Crippen molar-refractivity contribution in [2.75, 3.05) is 0 Å². The molecule has 0 aliphatic rings. The van der Waals surface area contributed by atoms with Crippen LogP contribution in [-0.2, 0) is 16.9 Å². The number of halogens is 1. The van der Waals surface area contributed by atoms with Crippen molar-refractivity contribution in [3.8, 4) is 0 Å². The maximum Gasteiger partial charge on any atom is 0.408 e. The molecule has 4 heteroatoms. The maximum absolute atomic E-state index is 12.2. The minimum Gasteiger partial charge on any atom is -0.445 e. The highest BCUT2D eigenvalue weighted by atomic mass is 79.9. The number of rotatable bonds is 5. The fourth-order valence-electron chi connectivity index (χ4n) is 2.32. The molecule has 23 heavy (non-hydrogen) atoms. The first-order valence-corrected chi connectivity index (χ1v) is 8.46. The Bertz CT molecular complexity index is 640. The van der Waals surface area contributed by atoms with Crippen LogP contribution in [-0.4, -0.2) is 6.09 Å². The van der Waals surface area contributed by atoms with E-state index in [0.29, 0.717) is 0 Å². The molecule has 2 aromatic rings. The van der Waals surface area contributed by atoms with Crippen molar-refractivity contribution < 1.29 is 9.53 Å². The summed E-state index contributed by atoms with van der Waals surface area (Å²) < 4.78 is 6.37. The number of amides is 1. The third-order valence-corrected chi connectivity index (χ3v) is 4.70. The van der Waals surface area contributed by atoms with Gasteiger partial charge in [0.2, 0.25) is 0 Å². The molecule has 0 fully saturated rings. The zero-order valence-electron chi connectivity index (χ0n) is 13.7. The molecule has 1 unspecified atom stereocenters. The first kappa shape index (κ1) is 17.5. The Balaban J connectivity index is 2.06. The van der Waals surface area contributed by atoms with Crippen molar-refractivity contribution in [1.82, 2.24) is 5.32 Å². The molecule has 0 saturated heterocycles. The summed E-state index contributed by atoms with van der Waals surface area (Å²) in [4.78, 5) is 12.2. The normalized spacial score (nSPS) is 13.4. The van der Waals surface area contributed by atoms with Gasteiger partial charge in [0.1, 0.15) is 6.61 Å². The number of alkyl carbamates (subject to hydrolysis) is 1. The Kier molecular flexibility index (Phi) is 5.83. The Morgan fingerprint density at radius 2 is 1.74 bits per heavy atom. The average Bonchev–Trinajstić information content (AvgIpc) is 2.54. The number of carbonyl (C=O) groups excluding carboxylic acids is 1. The fourth-order valence-corrected chi connectivity index (χ4v) is 2.58. The first-order chi connectivity index (χ1) is 10.9. The molecule has 1 amide bonds. The Labute approximate surface area is 146 Å². The fraction of sp³-hybridized carbons (Fsp3) is 0.316. The molecule has 2 rings (SSSR count). The molecule has 0 aliphatic heterocycles. The summed E-state index contributed by atoms with van der Waals surface area (Å²) in [6, 6.07) is 17.6. The van der Waals surface area contributed by atoms with E-state index >= 15 is 0 Å². The number of nitrogens with one attached hydrogen (secondary N) is 1. The molecule has 3 nitrogen and oxygen atoms in total. The molecule has 122 valence electrons. The molecular formula is C19H22BrNO2. The van der Waals surface area contributed by atoms with Crippen molar-refractivity contribution in [2.45, 2.75) is 32.9 Å². The van der Waals surface area contributed by atoms with E-state index in [-0.39, 0.29) is 12.5 Å². The van der Waals surface area contributed by atoms with Gasteiger partial charge < -0.3 is 10.1 Å². The van der Waals surface area contributed by atoms with Gasteiger partial charge in [-0.3, -0.25) is 0 Å². The van der Waals surface area contributed by atoms with Gasteiger partial charge in [-0.05, 0) is 36.1 Å². The van der Waals surface area contributed by atoms with Gasteiger partial charge in [-0.2, -0.15) is 0 Å². The van der Waals surface area contributed by atoms with Gasteiger partial charge in [-0.25, -0.2) is 4.79 Å². The van der Waals surface area contributed by atoms with Crippen LogP contribution in [0.3, 0.4) is 0 Å². The van der Waals surface area contributed by atoms with Gasteiger partial charge in [-0.15, -0.1) is 0 Å². The second-order valence-corrected chi connectivity index (χ2v) is 6.97. The minimum atomic E-state index is -0.492. The maximum atomic E-state index is 12.2. The molecule has 0 radical (unpaired) electrons. The van der Waals surface area contributed by atoms with Crippen LogP contribution in [0.1, 0.15) is 31.9 Å². The summed E-state index contributed by atoms with van der Waals surface area (Å²) in [7, 11) is 0. The predicted octanol–water partition coefficient (Wildman–Crippen LogP) is 5.25. The molecule has 0 bridgehead atoms. The van der Waals surface area contributed by atoms with Gasteiger partial charge in [-0.1, -0.05) is 72.2 Å². The number of hydrogen-bond acceptors (Lipinski definition) is 2. The second kappa shape index (κ2) is 7.64. The van der Waals surface area contributed by atoms with E-state index in [9.17, 15) is 4.79 Å². The molecule has 0 spiro atoms. The first-order valence-electron chi connectivity index (χ1n) is 7.66. The van der Waals surface area contributed by atoms with E-state index in [2.05, 4.69) is 35.1 Å². The summed E-state index contributed by atoms with van der Waals surface area (Å²) in [5.41, 5.74) is 1.53. The van der Waals surface area contributed by atoms with Crippen molar-refractivity contribution >= 4 is 22.0 Å². The summed E-state index contributed by atoms with van der Waals surface area (Å²) in [6.07, 6.45) is -0.409. The van der Waals surface area contributed by atoms with Gasteiger partial charge in [0.25, 0.3) is 0 Å². The summed E-state index contributed by atoms with van der Waals surface area (Å²) in [5, 5.41) is 3.02. The van der Waals surface area contributed by atoms with Crippen molar-refractivity contribution in [1.29, 1.82) is 0 Å².